The first kappa shape index (κ1) is 14.7. The van der Waals surface area contributed by atoms with Crippen LogP contribution < -0.4 is 5.73 Å². The number of aromatic nitrogens is 1. The van der Waals surface area contributed by atoms with Gasteiger partial charge in [0, 0.05) is 45.5 Å². The summed E-state index contributed by atoms with van der Waals surface area (Å²) in [5, 5.41) is 0. The predicted octanol–water partition coefficient (Wildman–Crippen LogP) is 2.23. The zero-order valence-electron chi connectivity index (χ0n) is 13.4. The van der Waals surface area contributed by atoms with Gasteiger partial charge in [-0.1, -0.05) is 30.3 Å². The van der Waals surface area contributed by atoms with Crippen LogP contribution in [0, 0.1) is 11.8 Å². The number of likely N-dealkylation sites (tertiary alicyclic amines) is 2. The molecule has 2 aliphatic heterocycles. The van der Waals surface area contributed by atoms with Gasteiger partial charge in [-0.25, -0.2) is 4.98 Å². The third-order valence-electron chi connectivity index (χ3n) is 5.14. The molecule has 0 spiro atoms. The lowest BCUT2D eigenvalue weighted by Crippen LogP contribution is -2.28. The van der Waals surface area contributed by atoms with Crippen molar-refractivity contribution in [2.75, 3.05) is 31.9 Å². The number of nitrogens with two attached hydrogens (primary N) is 1. The molecule has 0 radical (unpaired) electrons. The standard InChI is InChI=1S/C19H24N4/c20-19-8-16(6-7-21-19)10-23-13-17-11-22(12-18(17)14-23)9-15-4-2-1-3-5-15/h1-8,17-18H,9-14H2,(H2,20,21)/t17-,18+. The van der Waals surface area contributed by atoms with Crippen LogP contribution >= 0.6 is 0 Å². The zero-order chi connectivity index (χ0) is 15.6. The second kappa shape index (κ2) is 6.30. The summed E-state index contributed by atoms with van der Waals surface area (Å²) in [6, 6.07) is 14.9. The predicted molar refractivity (Wildman–Crippen MR) is 92.6 cm³/mol. The van der Waals surface area contributed by atoms with Gasteiger partial charge in [0.15, 0.2) is 0 Å². The molecule has 2 saturated heterocycles. The number of nitrogen functional groups attached to an aromatic ring is 1. The molecule has 0 saturated carbocycles. The first-order valence-electron chi connectivity index (χ1n) is 8.45. The Morgan fingerprint density at radius 1 is 0.870 bits per heavy atom. The molecule has 1 aromatic carbocycles. The number of hydrogen-bond acceptors (Lipinski definition) is 4. The molecule has 3 heterocycles. The summed E-state index contributed by atoms with van der Waals surface area (Å²) in [6.07, 6.45) is 1.81. The minimum atomic E-state index is 0.621. The van der Waals surface area contributed by atoms with E-state index >= 15 is 0 Å². The summed E-state index contributed by atoms with van der Waals surface area (Å²) in [5.74, 6) is 2.26. The molecule has 0 bridgehead atoms. The number of rotatable bonds is 4. The van der Waals surface area contributed by atoms with Crippen molar-refractivity contribution in [3.8, 4) is 0 Å². The lowest BCUT2D eigenvalue weighted by Gasteiger charge is -2.21. The summed E-state index contributed by atoms with van der Waals surface area (Å²) in [4.78, 5) is 9.26. The lowest BCUT2D eigenvalue weighted by atomic mass is 10.0. The molecule has 4 nitrogen and oxygen atoms in total. The summed E-state index contributed by atoms with van der Waals surface area (Å²) in [6.45, 7) is 6.96. The molecule has 0 unspecified atom stereocenters. The molecule has 2 fully saturated rings. The van der Waals surface area contributed by atoms with E-state index in [2.05, 4.69) is 51.2 Å². The van der Waals surface area contributed by atoms with Crippen molar-refractivity contribution in [3.05, 3.63) is 59.8 Å². The molecule has 2 atom stereocenters. The van der Waals surface area contributed by atoms with Crippen molar-refractivity contribution in [2.24, 2.45) is 11.8 Å². The van der Waals surface area contributed by atoms with E-state index in [0.29, 0.717) is 5.82 Å². The molecule has 120 valence electrons. The Hall–Kier alpha value is -1.91. The van der Waals surface area contributed by atoms with E-state index in [1.165, 1.54) is 37.3 Å². The Morgan fingerprint density at radius 3 is 2.09 bits per heavy atom. The van der Waals surface area contributed by atoms with Crippen LogP contribution in [0.2, 0.25) is 0 Å². The topological polar surface area (TPSA) is 45.4 Å². The highest BCUT2D eigenvalue weighted by molar-refractivity contribution is 5.31. The number of anilines is 1. The van der Waals surface area contributed by atoms with E-state index in [0.717, 1.165) is 24.9 Å². The normalized spacial score (nSPS) is 24.9. The molecule has 1 aromatic heterocycles. The van der Waals surface area contributed by atoms with Crippen molar-refractivity contribution in [1.29, 1.82) is 0 Å². The van der Waals surface area contributed by atoms with Gasteiger partial charge in [0.1, 0.15) is 5.82 Å². The maximum atomic E-state index is 5.78. The van der Waals surface area contributed by atoms with Gasteiger partial charge in [-0.3, -0.25) is 9.80 Å². The van der Waals surface area contributed by atoms with Crippen LogP contribution in [-0.2, 0) is 13.1 Å². The largest absolute Gasteiger partial charge is 0.384 e. The number of hydrogen-bond donors (Lipinski definition) is 1. The average Bonchev–Trinajstić information content (AvgIpc) is 3.06. The van der Waals surface area contributed by atoms with Gasteiger partial charge in [-0.05, 0) is 35.1 Å². The first-order chi connectivity index (χ1) is 11.3. The van der Waals surface area contributed by atoms with Gasteiger partial charge >= 0.3 is 0 Å². The minimum Gasteiger partial charge on any atom is -0.384 e. The lowest BCUT2D eigenvalue weighted by molar-refractivity contribution is 0.246. The Morgan fingerprint density at radius 2 is 1.48 bits per heavy atom. The average molecular weight is 308 g/mol. The minimum absolute atomic E-state index is 0.621. The van der Waals surface area contributed by atoms with Crippen molar-refractivity contribution < 1.29 is 0 Å². The summed E-state index contributed by atoms with van der Waals surface area (Å²) in [5.41, 5.74) is 8.48. The molecular weight excluding hydrogens is 284 g/mol. The summed E-state index contributed by atoms with van der Waals surface area (Å²) < 4.78 is 0. The quantitative estimate of drug-likeness (QED) is 0.941. The molecular formula is C19H24N4. The number of fused-ring (bicyclic) bond motifs is 1. The smallest absolute Gasteiger partial charge is 0.123 e. The van der Waals surface area contributed by atoms with Crippen LogP contribution in [0.15, 0.2) is 48.7 Å². The molecule has 23 heavy (non-hydrogen) atoms. The number of benzene rings is 1. The van der Waals surface area contributed by atoms with Gasteiger partial charge in [0.05, 0.1) is 0 Å². The van der Waals surface area contributed by atoms with Gasteiger partial charge in [-0.2, -0.15) is 0 Å². The highest BCUT2D eigenvalue weighted by atomic mass is 15.2. The Balaban J connectivity index is 1.31. The molecule has 4 heteroatoms. The van der Waals surface area contributed by atoms with Crippen molar-refractivity contribution in [3.63, 3.8) is 0 Å². The second-order valence-electron chi connectivity index (χ2n) is 6.98. The SMILES string of the molecule is Nc1cc(CN2C[C@H]3CN(Cc4ccccc4)C[C@H]3C2)ccn1. The van der Waals surface area contributed by atoms with Gasteiger partial charge in [0.2, 0.25) is 0 Å². The highest BCUT2D eigenvalue weighted by Crippen LogP contribution is 2.32. The molecule has 2 N–H and O–H groups in total. The van der Waals surface area contributed by atoms with E-state index in [1.54, 1.807) is 0 Å². The van der Waals surface area contributed by atoms with Gasteiger partial charge in [0.25, 0.3) is 0 Å². The third kappa shape index (κ3) is 3.38. The molecule has 0 amide bonds. The van der Waals surface area contributed by atoms with E-state index in [-0.39, 0.29) is 0 Å². The molecule has 4 rings (SSSR count). The van der Waals surface area contributed by atoms with Crippen LogP contribution in [0.3, 0.4) is 0 Å². The Kier molecular flexibility index (Phi) is 4.02. The van der Waals surface area contributed by atoms with Crippen LogP contribution in [0.4, 0.5) is 5.82 Å². The van der Waals surface area contributed by atoms with Crippen LogP contribution in [0.5, 0.6) is 0 Å². The highest BCUT2D eigenvalue weighted by Gasteiger charge is 2.39. The van der Waals surface area contributed by atoms with E-state index in [1.807, 2.05) is 12.3 Å². The van der Waals surface area contributed by atoms with Crippen LogP contribution in [-0.4, -0.2) is 41.0 Å². The van der Waals surface area contributed by atoms with Crippen LogP contribution in [0.1, 0.15) is 11.1 Å². The molecule has 2 aromatic rings. The van der Waals surface area contributed by atoms with Crippen molar-refractivity contribution in [1.82, 2.24) is 14.8 Å². The fraction of sp³-hybridized carbons (Fsp3) is 0.421. The maximum Gasteiger partial charge on any atom is 0.123 e. The second-order valence-corrected chi connectivity index (χ2v) is 6.98. The zero-order valence-corrected chi connectivity index (χ0v) is 13.4. The fourth-order valence-corrected chi connectivity index (χ4v) is 4.14. The van der Waals surface area contributed by atoms with E-state index in [4.69, 9.17) is 5.73 Å². The van der Waals surface area contributed by atoms with E-state index in [9.17, 15) is 0 Å². The monoisotopic (exact) mass is 308 g/mol. The van der Waals surface area contributed by atoms with E-state index < -0.39 is 0 Å². The van der Waals surface area contributed by atoms with Gasteiger partial charge < -0.3 is 5.73 Å². The van der Waals surface area contributed by atoms with Crippen LogP contribution in [0.25, 0.3) is 0 Å². The third-order valence-corrected chi connectivity index (χ3v) is 5.14. The number of pyridine rings is 1. The first-order valence-corrected chi connectivity index (χ1v) is 8.45. The Labute approximate surface area is 137 Å². The summed E-state index contributed by atoms with van der Waals surface area (Å²) in [7, 11) is 0. The molecule has 2 aliphatic rings. The maximum absolute atomic E-state index is 5.78. The fourth-order valence-electron chi connectivity index (χ4n) is 4.14. The van der Waals surface area contributed by atoms with Crippen molar-refractivity contribution >= 4 is 5.82 Å². The Bertz CT molecular complexity index is 643. The molecule has 0 aliphatic carbocycles. The van der Waals surface area contributed by atoms with Gasteiger partial charge in [-0.15, -0.1) is 0 Å². The number of nitrogens with zero attached hydrogens (tertiary/aromatic N) is 3. The summed E-state index contributed by atoms with van der Waals surface area (Å²) >= 11 is 0. The van der Waals surface area contributed by atoms with Crippen molar-refractivity contribution in [2.45, 2.75) is 13.1 Å².